The number of nitro groups is 1. The van der Waals surface area contributed by atoms with E-state index in [2.05, 4.69) is 0 Å². The molecule has 1 aromatic rings. The summed E-state index contributed by atoms with van der Waals surface area (Å²) >= 11 is 5.96. The number of nitro benzene ring substituents is 1. The van der Waals surface area contributed by atoms with Crippen molar-refractivity contribution in [2.24, 2.45) is 5.92 Å². The lowest BCUT2D eigenvalue weighted by Crippen LogP contribution is -2.35. The number of nitrogens with zero attached hydrogens (tertiary/aromatic N) is 3. The highest BCUT2D eigenvalue weighted by atomic mass is 35.5. The van der Waals surface area contributed by atoms with Crippen molar-refractivity contribution in [1.29, 1.82) is 5.26 Å². The summed E-state index contributed by atoms with van der Waals surface area (Å²) in [4.78, 5) is 24.2. The fourth-order valence-electron chi connectivity index (χ4n) is 1.90. The number of carbonyl (C=O) groups excluding carboxylic acids is 1. The fraction of sp³-hybridized carbons (Fsp3) is 0.429. The van der Waals surface area contributed by atoms with Gasteiger partial charge in [0, 0.05) is 19.2 Å². The first-order chi connectivity index (χ1) is 9.88. The molecule has 112 valence electrons. The Hall–Kier alpha value is -2.13. The van der Waals surface area contributed by atoms with E-state index in [-0.39, 0.29) is 35.2 Å². The molecule has 1 rings (SSSR count). The van der Waals surface area contributed by atoms with Crippen LogP contribution in [0.25, 0.3) is 0 Å². The summed E-state index contributed by atoms with van der Waals surface area (Å²) in [5.41, 5.74) is -0.211. The van der Waals surface area contributed by atoms with E-state index < -0.39 is 10.8 Å². The summed E-state index contributed by atoms with van der Waals surface area (Å²) in [6.07, 6.45) is 0.199. The second kappa shape index (κ2) is 7.60. The van der Waals surface area contributed by atoms with Crippen LogP contribution in [-0.4, -0.2) is 28.8 Å². The van der Waals surface area contributed by atoms with Crippen molar-refractivity contribution in [1.82, 2.24) is 4.90 Å². The molecule has 7 heteroatoms. The molecule has 0 fully saturated rings. The number of hydrogen-bond acceptors (Lipinski definition) is 4. The van der Waals surface area contributed by atoms with Gasteiger partial charge in [-0.3, -0.25) is 14.9 Å². The molecule has 0 saturated carbocycles. The Morgan fingerprint density at radius 2 is 2.19 bits per heavy atom. The molecular weight excluding hydrogens is 294 g/mol. The zero-order valence-corrected chi connectivity index (χ0v) is 12.6. The van der Waals surface area contributed by atoms with E-state index in [1.54, 1.807) is 0 Å². The van der Waals surface area contributed by atoms with Crippen LogP contribution >= 0.6 is 11.6 Å². The van der Waals surface area contributed by atoms with Crippen LogP contribution in [0.1, 0.15) is 30.6 Å². The van der Waals surface area contributed by atoms with Crippen LogP contribution in [-0.2, 0) is 0 Å². The molecule has 21 heavy (non-hydrogen) atoms. The number of carbonyl (C=O) groups is 1. The Kier molecular flexibility index (Phi) is 6.12. The number of hydrogen-bond donors (Lipinski definition) is 0. The van der Waals surface area contributed by atoms with Gasteiger partial charge in [0.1, 0.15) is 5.02 Å². The summed E-state index contributed by atoms with van der Waals surface area (Å²) < 4.78 is 0. The van der Waals surface area contributed by atoms with E-state index in [0.29, 0.717) is 6.54 Å². The van der Waals surface area contributed by atoms with E-state index in [0.717, 1.165) is 0 Å². The maximum Gasteiger partial charge on any atom is 0.288 e. The van der Waals surface area contributed by atoms with Crippen molar-refractivity contribution < 1.29 is 9.72 Å². The molecule has 6 nitrogen and oxygen atoms in total. The van der Waals surface area contributed by atoms with Gasteiger partial charge in [0.05, 0.1) is 23.0 Å². The van der Waals surface area contributed by atoms with E-state index in [1.807, 2.05) is 19.9 Å². The average molecular weight is 310 g/mol. The van der Waals surface area contributed by atoms with Crippen molar-refractivity contribution in [3.8, 4) is 6.07 Å². The van der Waals surface area contributed by atoms with Crippen LogP contribution in [0.3, 0.4) is 0 Å². The van der Waals surface area contributed by atoms with Gasteiger partial charge >= 0.3 is 0 Å². The highest BCUT2D eigenvalue weighted by Gasteiger charge is 2.24. The fourth-order valence-corrected chi connectivity index (χ4v) is 2.17. The summed E-state index contributed by atoms with van der Waals surface area (Å²) in [5.74, 6) is -0.183. The summed E-state index contributed by atoms with van der Waals surface area (Å²) in [7, 11) is 0. The van der Waals surface area contributed by atoms with Crippen molar-refractivity contribution in [2.75, 3.05) is 13.1 Å². The van der Waals surface area contributed by atoms with Gasteiger partial charge in [0.25, 0.3) is 11.6 Å². The number of nitriles is 1. The quantitative estimate of drug-likeness (QED) is 0.596. The lowest BCUT2D eigenvalue weighted by atomic mass is 10.1. The smallest absolute Gasteiger partial charge is 0.288 e. The molecule has 0 aromatic heterocycles. The lowest BCUT2D eigenvalue weighted by molar-refractivity contribution is -0.384. The van der Waals surface area contributed by atoms with Gasteiger partial charge in [-0.25, -0.2) is 0 Å². The molecule has 0 N–H and O–H groups in total. The molecule has 0 aliphatic heterocycles. The number of rotatable bonds is 6. The third-order valence-corrected chi connectivity index (χ3v) is 3.17. The maximum absolute atomic E-state index is 12.5. The Morgan fingerprint density at radius 3 is 2.71 bits per heavy atom. The first-order valence-corrected chi connectivity index (χ1v) is 6.85. The standard InChI is InChI=1S/C14H16ClN3O3/c1-10(2)9-17(8-4-7-16)14(19)11-5-3-6-12(13(11)15)18(20)21/h3,5-6,10H,4,8-9H2,1-2H3. The van der Waals surface area contributed by atoms with Gasteiger partial charge in [0.15, 0.2) is 0 Å². The predicted molar refractivity (Wildman–Crippen MR) is 79.1 cm³/mol. The van der Waals surface area contributed by atoms with Gasteiger partial charge in [0.2, 0.25) is 0 Å². The number of benzene rings is 1. The van der Waals surface area contributed by atoms with Crippen LogP contribution in [0.4, 0.5) is 5.69 Å². The highest BCUT2D eigenvalue weighted by Crippen LogP contribution is 2.28. The van der Waals surface area contributed by atoms with E-state index in [1.165, 1.54) is 23.1 Å². The molecule has 0 atom stereocenters. The number of halogens is 1. The Labute approximate surface area is 128 Å². The van der Waals surface area contributed by atoms with E-state index >= 15 is 0 Å². The van der Waals surface area contributed by atoms with Crippen molar-refractivity contribution in [3.63, 3.8) is 0 Å². The van der Waals surface area contributed by atoms with Crippen LogP contribution in [0.2, 0.25) is 5.02 Å². The molecule has 0 unspecified atom stereocenters. The van der Waals surface area contributed by atoms with Gasteiger partial charge < -0.3 is 4.90 Å². The van der Waals surface area contributed by atoms with Gasteiger partial charge in [-0.15, -0.1) is 0 Å². The average Bonchev–Trinajstić information content (AvgIpc) is 2.42. The van der Waals surface area contributed by atoms with Crippen LogP contribution in [0.15, 0.2) is 18.2 Å². The van der Waals surface area contributed by atoms with Gasteiger partial charge in [-0.05, 0) is 12.0 Å². The first kappa shape index (κ1) is 16.9. The predicted octanol–water partition coefficient (Wildman–Crippen LogP) is 3.26. The zero-order chi connectivity index (χ0) is 16.0. The second-order valence-corrected chi connectivity index (χ2v) is 5.33. The van der Waals surface area contributed by atoms with E-state index in [4.69, 9.17) is 16.9 Å². The second-order valence-electron chi connectivity index (χ2n) is 4.95. The van der Waals surface area contributed by atoms with E-state index in [9.17, 15) is 14.9 Å². The molecule has 0 saturated heterocycles. The van der Waals surface area contributed by atoms with Gasteiger partial charge in [-0.2, -0.15) is 5.26 Å². The molecule has 0 spiro atoms. The van der Waals surface area contributed by atoms with Crippen LogP contribution < -0.4 is 0 Å². The molecule has 1 amide bonds. The van der Waals surface area contributed by atoms with Crippen molar-refractivity contribution >= 4 is 23.2 Å². The minimum Gasteiger partial charge on any atom is -0.337 e. The summed E-state index contributed by atoms with van der Waals surface area (Å²) in [5, 5.41) is 19.4. The topological polar surface area (TPSA) is 87.2 Å². The minimum atomic E-state index is -0.624. The molecular formula is C14H16ClN3O3. The third kappa shape index (κ3) is 4.43. The van der Waals surface area contributed by atoms with Gasteiger partial charge in [-0.1, -0.05) is 31.5 Å². The molecule has 0 heterocycles. The minimum absolute atomic E-state index is 0.0875. The molecule has 0 aliphatic rings. The molecule has 0 bridgehead atoms. The molecule has 1 aromatic carbocycles. The highest BCUT2D eigenvalue weighted by molar-refractivity contribution is 6.35. The lowest BCUT2D eigenvalue weighted by Gasteiger charge is -2.24. The Balaban J connectivity index is 3.11. The number of amides is 1. The van der Waals surface area contributed by atoms with Crippen molar-refractivity contribution in [3.05, 3.63) is 38.9 Å². The van der Waals surface area contributed by atoms with Crippen molar-refractivity contribution in [2.45, 2.75) is 20.3 Å². The normalized spacial score (nSPS) is 10.2. The van der Waals surface area contributed by atoms with Crippen LogP contribution in [0.5, 0.6) is 0 Å². The SMILES string of the molecule is CC(C)CN(CCC#N)C(=O)c1cccc([N+](=O)[O-])c1Cl. The monoisotopic (exact) mass is 309 g/mol. The summed E-state index contributed by atoms with van der Waals surface area (Å²) in [6, 6.07) is 6.12. The molecule has 0 radical (unpaired) electrons. The Bertz CT molecular complexity index is 581. The van der Waals surface area contributed by atoms with Crippen LogP contribution in [0, 0.1) is 27.4 Å². The summed E-state index contributed by atoms with van der Waals surface area (Å²) in [6.45, 7) is 4.62. The maximum atomic E-state index is 12.5. The third-order valence-electron chi connectivity index (χ3n) is 2.77. The zero-order valence-electron chi connectivity index (χ0n) is 11.9. The largest absolute Gasteiger partial charge is 0.337 e. The molecule has 0 aliphatic carbocycles. The Morgan fingerprint density at radius 1 is 1.52 bits per heavy atom. The first-order valence-electron chi connectivity index (χ1n) is 6.47.